The highest BCUT2D eigenvalue weighted by Crippen LogP contribution is 2.41. The van der Waals surface area contributed by atoms with Gasteiger partial charge in [0.1, 0.15) is 10.7 Å². The van der Waals surface area contributed by atoms with Gasteiger partial charge in [0.15, 0.2) is 0 Å². The van der Waals surface area contributed by atoms with Gasteiger partial charge in [0.05, 0.1) is 23.9 Å². The largest absolute Gasteiger partial charge is 0.391 e. The number of piperidine rings is 1. The number of hydrogen-bond acceptors (Lipinski definition) is 6. The Balaban J connectivity index is 1.64. The van der Waals surface area contributed by atoms with Crippen LogP contribution < -0.4 is 0 Å². The van der Waals surface area contributed by atoms with E-state index in [1.807, 2.05) is 11.8 Å². The predicted octanol–water partition coefficient (Wildman–Crippen LogP) is 2.95. The molecular weight excluding hydrogens is 290 g/mol. The van der Waals surface area contributed by atoms with E-state index >= 15 is 0 Å². The summed E-state index contributed by atoms with van der Waals surface area (Å²) in [5, 5.41) is 11.1. The molecule has 0 aliphatic carbocycles. The molecule has 2 aliphatic rings. The third-order valence-electron chi connectivity index (χ3n) is 4.47. The molecule has 6 heteroatoms. The van der Waals surface area contributed by atoms with Crippen molar-refractivity contribution in [2.75, 3.05) is 18.8 Å². The molecule has 2 aliphatic heterocycles. The van der Waals surface area contributed by atoms with Gasteiger partial charge < -0.3 is 5.11 Å². The Morgan fingerprint density at radius 3 is 3.05 bits per heavy atom. The van der Waals surface area contributed by atoms with Crippen LogP contribution >= 0.6 is 23.5 Å². The first-order chi connectivity index (χ1) is 9.79. The molecule has 0 amide bonds. The zero-order valence-electron chi connectivity index (χ0n) is 12.0. The average molecular weight is 313 g/mol. The summed E-state index contributed by atoms with van der Waals surface area (Å²) in [5.41, 5.74) is 1.17. The number of rotatable bonds is 6. The minimum absolute atomic E-state index is 0.132. The van der Waals surface area contributed by atoms with Crippen molar-refractivity contribution in [2.24, 2.45) is 5.92 Å². The van der Waals surface area contributed by atoms with Crippen LogP contribution in [-0.2, 0) is 0 Å². The molecule has 0 spiro atoms. The van der Waals surface area contributed by atoms with Crippen LogP contribution in [0.1, 0.15) is 50.8 Å². The second-order valence-corrected chi connectivity index (χ2v) is 7.50. The summed E-state index contributed by atoms with van der Waals surface area (Å²) in [6.07, 6.45) is 5.93. The van der Waals surface area contributed by atoms with Crippen LogP contribution in [0.5, 0.6) is 0 Å². The Labute approximate surface area is 129 Å². The Morgan fingerprint density at radius 2 is 2.20 bits per heavy atom. The molecule has 4 atom stereocenters. The van der Waals surface area contributed by atoms with Crippen LogP contribution in [0.3, 0.4) is 0 Å². The van der Waals surface area contributed by atoms with Crippen molar-refractivity contribution >= 4 is 23.5 Å². The lowest BCUT2D eigenvalue weighted by atomic mass is 9.94. The first-order valence-corrected chi connectivity index (χ1v) is 9.38. The molecule has 2 saturated heterocycles. The summed E-state index contributed by atoms with van der Waals surface area (Å²) < 4.78 is 9.06. The molecule has 1 N–H and O–H groups in total. The molecule has 2 bridgehead atoms. The Bertz CT molecular complexity index is 438. The molecule has 1 aromatic heterocycles. The fraction of sp³-hybridized carbons (Fsp3) is 0.857. The molecule has 2 fully saturated rings. The Morgan fingerprint density at radius 1 is 1.30 bits per heavy atom. The van der Waals surface area contributed by atoms with Gasteiger partial charge in [0, 0.05) is 13.1 Å². The van der Waals surface area contributed by atoms with Crippen molar-refractivity contribution in [2.45, 2.75) is 56.2 Å². The molecule has 0 saturated carbocycles. The number of fused-ring (bicyclic) bond motifs is 2. The number of aliphatic hydroxyl groups excluding tert-OH is 1. The number of aromatic nitrogens is 2. The number of aliphatic hydroxyl groups is 1. The molecule has 112 valence electrons. The highest BCUT2D eigenvalue weighted by atomic mass is 32.2. The highest BCUT2D eigenvalue weighted by Gasteiger charge is 2.41. The first kappa shape index (κ1) is 14.8. The topological polar surface area (TPSA) is 49.2 Å². The molecule has 3 heterocycles. The summed E-state index contributed by atoms with van der Waals surface area (Å²) in [6.45, 7) is 4.08. The minimum Gasteiger partial charge on any atom is -0.391 e. The van der Waals surface area contributed by atoms with Crippen molar-refractivity contribution in [1.29, 1.82) is 0 Å². The van der Waals surface area contributed by atoms with Crippen LogP contribution in [-0.4, -0.2) is 43.7 Å². The van der Waals surface area contributed by atoms with Gasteiger partial charge in [-0.1, -0.05) is 19.8 Å². The summed E-state index contributed by atoms with van der Waals surface area (Å²) in [5.74, 6) is 1.63. The quantitative estimate of drug-likeness (QED) is 0.646. The van der Waals surface area contributed by atoms with Crippen LogP contribution in [0.4, 0.5) is 0 Å². The van der Waals surface area contributed by atoms with Gasteiger partial charge in [-0.25, -0.2) is 0 Å². The fourth-order valence-corrected chi connectivity index (χ4v) is 5.05. The lowest BCUT2D eigenvalue weighted by molar-refractivity contribution is 0.144. The Kier molecular flexibility index (Phi) is 4.96. The summed E-state index contributed by atoms with van der Waals surface area (Å²) in [7, 11) is 0. The van der Waals surface area contributed by atoms with E-state index in [1.54, 1.807) is 0 Å². The van der Waals surface area contributed by atoms with E-state index in [9.17, 15) is 5.11 Å². The van der Waals surface area contributed by atoms with Crippen LogP contribution in [0.15, 0.2) is 5.03 Å². The normalized spacial score (nSPS) is 32.7. The van der Waals surface area contributed by atoms with E-state index in [2.05, 4.69) is 20.6 Å². The lowest BCUT2D eigenvalue weighted by Crippen LogP contribution is -2.31. The summed E-state index contributed by atoms with van der Waals surface area (Å²) in [6, 6.07) is 0.385. The number of unbranched alkanes of at least 4 members (excludes halogenated alkanes) is 2. The van der Waals surface area contributed by atoms with Crippen LogP contribution in [0, 0.1) is 5.92 Å². The smallest absolute Gasteiger partial charge is 0.135 e. The van der Waals surface area contributed by atoms with Gasteiger partial charge in [-0.2, -0.15) is 8.75 Å². The van der Waals surface area contributed by atoms with Gasteiger partial charge in [0.25, 0.3) is 0 Å². The molecule has 20 heavy (non-hydrogen) atoms. The van der Waals surface area contributed by atoms with E-state index < -0.39 is 0 Å². The van der Waals surface area contributed by atoms with Crippen molar-refractivity contribution < 1.29 is 5.11 Å². The maximum Gasteiger partial charge on any atom is 0.135 e. The molecule has 0 radical (unpaired) electrons. The maximum atomic E-state index is 10.0. The fourth-order valence-electron chi connectivity index (χ4n) is 3.30. The second-order valence-electron chi connectivity index (χ2n) is 5.88. The van der Waals surface area contributed by atoms with Gasteiger partial charge in [-0.05, 0) is 30.9 Å². The minimum atomic E-state index is -0.132. The standard InChI is InChI=1S/C14H23N3OS2/c1-2-3-4-7-19-14-13(15-20-16-14)11-6-5-10-8-17(11)9-12(10)18/h10-12,18H,2-9H2,1H3. The van der Waals surface area contributed by atoms with E-state index in [0.29, 0.717) is 12.0 Å². The monoisotopic (exact) mass is 313 g/mol. The lowest BCUT2D eigenvalue weighted by Gasteiger charge is -2.30. The van der Waals surface area contributed by atoms with Crippen LogP contribution in [0.2, 0.25) is 0 Å². The zero-order chi connectivity index (χ0) is 13.9. The van der Waals surface area contributed by atoms with E-state index in [0.717, 1.165) is 36.7 Å². The number of nitrogens with zero attached hydrogens (tertiary/aromatic N) is 3. The highest BCUT2D eigenvalue weighted by molar-refractivity contribution is 7.99. The second kappa shape index (κ2) is 6.73. The first-order valence-electron chi connectivity index (χ1n) is 7.67. The van der Waals surface area contributed by atoms with Gasteiger partial charge in [-0.15, -0.1) is 11.8 Å². The predicted molar refractivity (Wildman–Crippen MR) is 83.2 cm³/mol. The molecule has 0 aromatic carbocycles. The van der Waals surface area contributed by atoms with Crippen molar-refractivity contribution in [1.82, 2.24) is 13.6 Å². The summed E-state index contributed by atoms with van der Waals surface area (Å²) in [4.78, 5) is 2.41. The maximum absolute atomic E-state index is 10.0. The number of thioether (sulfide) groups is 1. The van der Waals surface area contributed by atoms with Gasteiger partial charge in [0.2, 0.25) is 0 Å². The third kappa shape index (κ3) is 3.03. The zero-order valence-corrected chi connectivity index (χ0v) is 13.6. The molecule has 4 unspecified atom stereocenters. The van der Waals surface area contributed by atoms with Gasteiger partial charge in [-0.3, -0.25) is 4.90 Å². The van der Waals surface area contributed by atoms with E-state index in [1.165, 1.54) is 36.7 Å². The van der Waals surface area contributed by atoms with E-state index in [-0.39, 0.29) is 6.10 Å². The number of hydrogen-bond donors (Lipinski definition) is 1. The van der Waals surface area contributed by atoms with E-state index in [4.69, 9.17) is 0 Å². The summed E-state index contributed by atoms with van der Waals surface area (Å²) >= 11 is 3.20. The molecule has 1 aromatic rings. The van der Waals surface area contributed by atoms with Crippen molar-refractivity contribution in [3.63, 3.8) is 0 Å². The van der Waals surface area contributed by atoms with Crippen molar-refractivity contribution in [3.8, 4) is 0 Å². The molecular formula is C14H23N3OS2. The van der Waals surface area contributed by atoms with Crippen molar-refractivity contribution in [3.05, 3.63) is 5.69 Å². The van der Waals surface area contributed by atoms with Crippen LogP contribution in [0.25, 0.3) is 0 Å². The van der Waals surface area contributed by atoms with Gasteiger partial charge >= 0.3 is 0 Å². The molecule has 4 nitrogen and oxygen atoms in total. The average Bonchev–Trinajstić information content (AvgIpc) is 3.02. The Hall–Kier alpha value is -0.170. The SMILES string of the molecule is CCCCCSc1nsnc1C1CCC2CN1CC2O. The third-order valence-corrected chi connectivity index (χ3v) is 6.20. The molecule has 3 rings (SSSR count).